The summed E-state index contributed by atoms with van der Waals surface area (Å²) in [5, 5.41) is 14.9. The fourth-order valence-electron chi connectivity index (χ4n) is 2.23. The number of allylic oxidation sites excluding steroid dienone is 2. The number of rotatable bonds is 4. The van der Waals surface area contributed by atoms with E-state index >= 15 is 0 Å². The molecule has 0 aromatic heterocycles. The summed E-state index contributed by atoms with van der Waals surface area (Å²) in [4.78, 5) is 0. The molecule has 0 bridgehead atoms. The van der Waals surface area contributed by atoms with Gasteiger partial charge in [-0.05, 0) is 36.1 Å². The molecule has 4 heteroatoms. The van der Waals surface area contributed by atoms with Gasteiger partial charge in [0.05, 0.1) is 0 Å². The van der Waals surface area contributed by atoms with Crippen LogP contribution in [-0.2, 0) is 0 Å². The van der Waals surface area contributed by atoms with Gasteiger partial charge in [-0.3, -0.25) is 10.8 Å². The molecule has 0 aliphatic heterocycles. The van der Waals surface area contributed by atoms with Gasteiger partial charge in [0.15, 0.2) is 0 Å². The SMILES string of the molecule is C/C(=C(/C)c1ccc(C(=N)N)cc1)c1ccc(C(=N)N)cc1. The van der Waals surface area contributed by atoms with E-state index in [0.717, 1.165) is 33.4 Å². The quantitative estimate of drug-likeness (QED) is 0.395. The summed E-state index contributed by atoms with van der Waals surface area (Å²) >= 11 is 0. The average Bonchev–Trinajstić information content (AvgIpc) is 2.53. The zero-order valence-corrected chi connectivity index (χ0v) is 12.8. The van der Waals surface area contributed by atoms with Gasteiger partial charge in [0, 0.05) is 11.1 Å². The first-order valence-electron chi connectivity index (χ1n) is 6.97. The average molecular weight is 292 g/mol. The molecule has 6 N–H and O–H groups in total. The Morgan fingerprint density at radius 2 is 0.818 bits per heavy atom. The molecule has 0 saturated heterocycles. The number of nitrogens with two attached hydrogens (primary N) is 2. The van der Waals surface area contributed by atoms with Crippen molar-refractivity contribution in [1.29, 1.82) is 10.8 Å². The van der Waals surface area contributed by atoms with Crippen molar-refractivity contribution in [3.63, 3.8) is 0 Å². The van der Waals surface area contributed by atoms with E-state index in [1.54, 1.807) is 0 Å². The molecule has 0 fully saturated rings. The standard InChI is InChI=1S/C18H20N4/c1-11(13-3-7-15(8-4-13)17(19)20)12(2)14-5-9-16(10-6-14)18(21)22/h3-10H,1-2H3,(H3,19,20)(H3,21,22)/b12-11+. The van der Waals surface area contributed by atoms with Gasteiger partial charge in [-0.1, -0.05) is 48.5 Å². The van der Waals surface area contributed by atoms with E-state index in [1.807, 2.05) is 48.5 Å². The molecule has 4 nitrogen and oxygen atoms in total. The number of hydrogen-bond acceptors (Lipinski definition) is 2. The lowest BCUT2D eigenvalue weighted by atomic mass is 9.95. The maximum atomic E-state index is 7.43. The van der Waals surface area contributed by atoms with Gasteiger partial charge in [0.2, 0.25) is 0 Å². The van der Waals surface area contributed by atoms with Crippen LogP contribution in [0.3, 0.4) is 0 Å². The molecular formula is C18H20N4. The topological polar surface area (TPSA) is 99.7 Å². The van der Waals surface area contributed by atoms with Crippen molar-refractivity contribution in [3.8, 4) is 0 Å². The molecule has 0 aliphatic carbocycles. The minimum absolute atomic E-state index is 0.0738. The first kappa shape index (κ1) is 15.5. The summed E-state index contributed by atoms with van der Waals surface area (Å²) in [6.45, 7) is 4.13. The lowest BCUT2D eigenvalue weighted by Gasteiger charge is -2.10. The van der Waals surface area contributed by atoms with Crippen molar-refractivity contribution in [2.75, 3.05) is 0 Å². The molecule has 2 aromatic carbocycles. The highest BCUT2D eigenvalue weighted by Crippen LogP contribution is 2.26. The van der Waals surface area contributed by atoms with Crippen molar-refractivity contribution < 1.29 is 0 Å². The molecule has 2 aromatic rings. The minimum Gasteiger partial charge on any atom is -0.384 e. The van der Waals surface area contributed by atoms with Crippen molar-refractivity contribution in [1.82, 2.24) is 0 Å². The van der Waals surface area contributed by atoms with E-state index in [9.17, 15) is 0 Å². The van der Waals surface area contributed by atoms with Crippen LogP contribution in [0.15, 0.2) is 48.5 Å². The Balaban J connectivity index is 2.35. The molecule has 0 atom stereocenters. The third-order valence-corrected chi connectivity index (χ3v) is 3.82. The molecular weight excluding hydrogens is 272 g/mol. The van der Waals surface area contributed by atoms with E-state index in [4.69, 9.17) is 22.3 Å². The summed E-state index contributed by atoms with van der Waals surface area (Å²) in [5.41, 5.74) is 16.9. The van der Waals surface area contributed by atoms with Gasteiger partial charge in [-0.2, -0.15) is 0 Å². The predicted octanol–water partition coefficient (Wildman–Crippen LogP) is 3.21. The van der Waals surface area contributed by atoms with Crippen molar-refractivity contribution in [3.05, 3.63) is 70.8 Å². The van der Waals surface area contributed by atoms with Gasteiger partial charge in [0.25, 0.3) is 0 Å². The maximum absolute atomic E-state index is 7.43. The molecule has 0 radical (unpaired) electrons. The second-order valence-electron chi connectivity index (χ2n) is 5.23. The Bertz CT molecular complexity index is 672. The Morgan fingerprint density at radius 3 is 1.05 bits per heavy atom. The van der Waals surface area contributed by atoms with E-state index in [1.165, 1.54) is 0 Å². The van der Waals surface area contributed by atoms with E-state index in [0.29, 0.717) is 0 Å². The van der Waals surface area contributed by atoms with Crippen LogP contribution in [0.25, 0.3) is 11.1 Å². The van der Waals surface area contributed by atoms with E-state index < -0.39 is 0 Å². The Morgan fingerprint density at radius 1 is 0.591 bits per heavy atom. The Labute approximate surface area is 130 Å². The van der Waals surface area contributed by atoms with Crippen molar-refractivity contribution in [2.45, 2.75) is 13.8 Å². The fourth-order valence-corrected chi connectivity index (χ4v) is 2.23. The van der Waals surface area contributed by atoms with Crippen LogP contribution in [-0.4, -0.2) is 11.7 Å². The number of nitrogens with one attached hydrogen (secondary N) is 2. The molecule has 0 amide bonds. The largest absolute Gasteiger partial charge is 0.384 e. The Kier molecular flexibility index (Phi) is 4.41. The monoisotopic (exact) mass is 292 g/mol. The minimum atomic E-state index is 0.0738. The number of benzene rings is 2. The number of nitrogen functional groups attached to an aromatic ring is 2. The number of hydrogen-bond donors (Lipinski definition) is 4. The summed E-state index contributed by atoms with van der Waals surface area (Å²) < 4.78 is 0. The second kappa shape index (κ2) is 6.26. The molecule has 0 unspecified atom stereocenters. The zero-order chi connectivity index (χ0) is 16.3. The fraction of sp³-hybridized carbons (Fsp3) is 0.111. The molecule has 0 saturated carbocycles. The molecule has 2 rings (SSSR count). The van der Waals surface area contributed by atoms with Gasteiger partial charge in [0.1, 0.15) is 11.7 Å². The smallest absolute Gasteiger partial charge is 0.122 e. The molecule has 0 aliphatic rings. The third kappa shape index (κ3) is 3.23. The van der Waals surface area contributed by atoms with Crippen molar-refractivity contribution in [2.24, 2.45) is 11.5 Å². The number of amidine groups is 2. The van der Waals surface area contributed by atoms with Crippen molar-refractivity contribution >= 4 is 22.8 Å². The third-order valence-electron chi connectivity index (χ3n) is 3.82. The van der Waals surface area contributed by atoms with E-state index in [2.05, 4.69) is 13.8 Å². The summed E-state index contributed by atoms with van der Waals surface area (Å²) in [7, 11) is 0. The maximum Gasteiger partial charge on any atom is 0.122 e. The van der Waals surface area contributed by atoms with Gasteiger partial charge < -0.3 is 11.5 Å². The van der Waals surface area contributed by atoms with Gasteiger partial charge >= 0.3 is 0 Å². The summed E-state index contributed by atoms with van der Waals surface area (Å²) in [6, 6.07) is 15.3. The van der Waals surface area contributed by atoms with Crippen LogP contribution >= 0.6 is 0 Å². The lowest BCUT2D eigenvalue weighted by Crippen LogP contribution is -2.10. The second-order valence-corrected chi connectivity index (χ2v) is 5.23. The van der Waals surface area contributed by atoms with Crippen LogP contribution in [0.1, 0.15) is 36.1 Å². The molecule has 0 spiro atoms. The highest BCUT2D eigenvalue weighted by Gasteiger charge is 2.05. The molecule has 112 valence electrons. The summed E-state index contributed by atoms with van der Waals surface area (Å²) in [5.74, 6) is 0.148. The van der Waals surface area contributed by atoms with Crippen LogP contribution in [0, 0.1) is 10.8 Å². The first-order valence-corrected chi connectivity index (χ1v) is 6.97. The van der Waals surface area contributed by atoms with Crippen LogP contribution in [0.5, 0.6) is 0 Å². The predicted molar refractivity (Wildman–Crippen MR) is 93.1 cm³/mol. The highest BCUT2D eigenvalue weighted by molar-refractivity contribution is 5.97. The zero-order valence-electron chi connectivity index (χ0n) is 12.8. The first-order chi connectivity index (χ1) is 10.4. The Hall–Kier alpha value is -2.88. The van der Waals surface area contributed by atoms with Crippen LogP contribution in [0.2, 0.25) is 0 Å². The van der Waals surface area contributed by atoms with Gasteiger partial charge in [-0.15, -0.1) is 0 Å². The lowest BCUT2D eigenvalue weighted by molar-refractivity contribution is 1.41. The van der Waals surface area contributed by atoms with Crippen LogP contribution in [0.4, 0.5) is 0 Å². The van der Waals surface area contributed by atoms with E-state index in [-0.39, 0.29) is 11.7 Å². The molecule has 22 heavy (non-hydrogen) atoms. The van der Waals surface area contributed by atoms with Gasteiger partial charge in [-0.25, -0.2) is 0 Å². The molecule has 0 heterocycles. The highest BCUT2D eigenvalue weighted by atomic mass is 14.7. The summed E-state index contributed by atoms with van der Waals surface area (Å²) in [6.07, 6.45) is 0. The normalized spacial score (nSPS) is 11.7. The van der Waals surface area contributed by atoms with Crippen LogP contribution < -0.4 is 11.5 Å².